The second kappa shape index (κ2) is 7.10. The number of allylic oxidation sites excluding steroid dienone is 3. The zero-order chi connectivity index (χ0) is 24.2. The Balaban J connectivity index is 1.30. The Hall–Kier alpha value is -2.38. The molecular weight excluding hydrogens is 438 g/mol. The molecule has 0 radical (unpaired) electrons. The quantitative estimate of drug-likeness (QED) is 0.696. The molecule has 1 aromatic heterocycles. The lowest BCUT2D eigenvalue weighted by Crippen LogP contribution is -2.61. The highest BCUT2D eigenvalue weighted by atomic mass is 16.5. The Kier molecular flexibility index (Phi) is 4.44. The summed E-state index contributed by atoms with van der Waals surface area (Å²) in [4.78, 5) is 10.6. The van der Waals surface area contributed by atoms with Crippen LogP contribution in [-0.2, 0) is 4.74 Å². The van der Waals surface area contributed by atoms with Crippen molar-refractivity contribution < 1.29 is 14.9 Å². The number of aliphatic hydroxyl groups is 2. The molecule has 1 aromatic carbocycles. The summed E-state index contributed by atoms with van der Waals surface area (Å²) in [5.74, 6) is 0.340. The number of aliphatic hydroxyl groups excluding tert-OH is 2. The van der Waals surface area contributed by atoms with E-state index >= 15 is 0 Å². The summed E-state index contributed by atoms with van der Waals surface area (Å²) >= 11 is 0. The van der Waals surface area contributed by atoms with Crippen LogP contribution in [0, 0.1) is 11.3 Å². The van der Waals surface area contributed by atoms with Crippen LogP contribution in [0.5, 0.6) is 0 Å². The molecule has 182 valence electrons. The predicted octanol–water partition coefficient (Wildman–Crippen LogP) is 3.65. The van der Waals surface area contributed by atoms with Crippen LogP contribution in [0.25, 0.3) is 16.5 Å². The molecule has 6 heteroatoms. The normalized spacial score (nSPS) is 41.7. The summed E-state index contributed by atoms with van der Waals surface area (Å²) in [6, 6.07) is 6.39. The number of ether oxygens (including phenoxy) is 1. The first-order valence-corrected chi connectivity index (χ1v) is 12.8. The SMILES string of the molecule is CN(C)[C@H]1C[C@@]23CC[C@@]4(O2)C(=CC[C@]2(C)C(c5ccc6ncncc6c5)=CC[C@H]24)C=C3[C@@H](O)[C@@H]1O. The molecule has 3 heterocycles. The van der Waals surface area contributed by atoms with Crippen LogP contribution in [0.3, 0.4) is 0 Å². The minimum atomic E-state index is -0.890. The number of hydrogen-bond acceptors (Lipinski definition) is 6. The van der Waals surface area contributed by atoms with Crippen molar-refractivity contribution in [2.45, 2.75) is 68.5 Å². The number of aromatic nitrogens is 2. The summed E-state index contributed by atoms with van der Waals surface area (Å²) in [5, 5.41) is 23.1. The topological polar surface area (TPSA) is 78.7 Å². The molecule has 5 aliphatic rings. The minimum absolute atomic E-state index is 0.0303. The lowest BCUT2D eigenvalue weighted by atomic mass is 9.58. The van der Waals surface area contributed by atoms with Crippen LogP contribution in [0.4, 0.5) is 0 Å². The third-order valence-electron chi connectivity index (χ3n) is 9.91. The fourth-order valence-electron chi connectivity index (χ4n) is 8.10. The Bertz CT molecular complexity index is 1330. The molecule has 1 saturated carbocycles. The number of fused-ring (bicyclic) bond motifs is 2. The zero-order valence-electron chi connectivity index (χ0n) is 20.6. The molecule has 0 unspecified atom stereocenters. The van der Waals surface area contributed by atoms with Crippen molar-refractivity contribution in [3.63, 3.8) is 0 Å². The first-order chi connectivity index (χ1) is 16.8. The van der Waals surface area contributed by atoms with Gasteiger partial charge in [0, 0.05) is 29.0 Å². The van der Waals surface area contributed by atoms with Crippen LogP contribution < -0.4 is 0 Å². The second-order valence-electron chi connectivity index (χ2n) is 11.7. The van der Waals surface area contributed by atoms with Gasteiger partial charge in [-0.2, -0.15) is 0 Å². The summed E-state index contributed by atoms with van der Waals surface area (Å²) < 4.78 is 7.23. The number of nitrogens with zero attached hydrogens (tertiary/aromatic N) is 3. The Morgan fingerprint density at radius 1 is 1.14 bits per heavy atom. The molecule has 6 nitrogen and oxygen atoms in total. The van der Waals surface area contributed by atoms with Crippen molar-refractivity contribution in [2.24, 2.45) is 11.3 Å². The van der Waals surface area contributed by atoms with E-state index in [1.54, 1.807) is 6.33 Å². The van der Waals surface area contributed by atoms with Crippen LogP contribution in [0.1, 0.15) is 44.6 Å². The number of rotatable bonds is 2. The van der Waals surface area contributed by atoms with E-state index in [9.17, 15) is 10.2 Å². The van der Waals surface area contributed by atoms with Crippen LogP contribution >= 0.6 is 0 Å². The van der Waals surface area contributed by atoms with E-state index in [-0.39, 0.29) is 17.1 Å². The molecule has 2 spiro atoms. The standard InChI is InChI=1S/C29H33N3O3/c1-27-9-8-19-13-21-25(33)26(34)23(32(2)3)14-28(21)10-11-29(19,35-28)24(27)7-5-20(27)17-4-6-22-18(12-17)15-30-16-31-22/h4-6,8,12-13,15-16,23-26,33-34H,7,9-11,14H2,1-3H3/t23-,24+,25+,26+,27+,28+,29+/m0/s1. The third kappa shape index (κ3) is 2.74. The molecule has 0 amide bonds. The van der Waals surface area contributed by atoms with Crippen LogP contribution in [0.15, 0.2) is 60.1 Å². The molecular formula is C29H33N3O3. The van der Waals surface area contributed by atoms with E-state index in [0.29, 0.717) is 12.3 Å². The van der Waals surface area contributed by atoms with E-state index in [2.05, 4.69) is 53.3 Å². The second-order valence-corrected chi connectivity index (χ2v) is 11.7. The largest absolute Gasteiger partial charge is 0.388 e. The lowest BCUT2D eigenvalue weighted by Gasteiger charge is -2.55. The van der Waals surface area contributed by atoms with Gasteiger partial charge in [-0.1, -0.05) is 31.2 Å². The molecule has 7 rings (SSSR count). The van der Waals surface area contributed by atoms with E-state index < -0.39 is 17.8 Å². The number of benzene rings is 1. The molecule has 2 aromatic rings. The fourth-order valence-corrected chi connectivity index (χ4v) is 8.10. The number of hydrogen-bond donors (Lipinski definition) is 2. The maximum atomic E-state index is 11.1. The molecule has 2 N–H and O–H groups in total. The Labute approximate surface area is 206 Å². The van der Waals surface area contributed by atoms with Gasteiger partial charge in [-0.3, -0.25) is 0 Å². The highest BCUT2D eigenvalue weighted by Crippen LogP contribution is 2.67. The highest BCUT2D eigenvalue weighted by molar-refractivity contribution is 5.84. The van der Waals surface area contributed by atoms with Gasteiger partial charge in [0.05, 0.1) is 22.8 Å². The summed E-state index contributed by atoms with van der Waals surface area (Å²) in [6.45, 7) is 2.40. The van der Waals surface area contributed by atoms with Crippen molar-refractivity contribution in [3.8, 4) is 0 Å². The highest BCUT2D eigenvalue weighted by Gasteiger charge is 2.67. The molecule has 2 aliphatic heterocycles. The average Bonchev–Trinajstić information content (AvgIpc) is 3.37. The van der Waals surface area contributed by atoms with E-state index in [4.69, 9.17) is 4.74 Å². The fraction of sp³-hybridized carbons (Fsp3) is 0.517. The van der Waals surface area contributed by atoms with E-state index in [0.717, 1.165) is 42.2 Å². The smallest absolute Gasteiger partial charge is 0.116 e. The van der Waals surface area contributed by atoms with Gasteiger partial charge in [0.1, 0.15) is 12.4 Å². The van der Waals surface area contributed by atoms with Crippen molar-refractivity contribution in [1.29, 1.82) is 0 Å². The predicted molar refractivity (Wildman–Crippen MR) is 134 cm³/mol. The molecule has 3 aliphatic carbocycles. The molecule has 35 heavy (non-hydrogen) atoms. The molecule has 2 bridgehead atoms. The van der Waals surface area contributed by atoms with E-state index in [1.807, 2.05) is 25.2 Å². The molecule has 7 atom stereocenters. The van der Waals surface area contributed by atoms with Gasteiger partial charge in [-0.05, 0) is 80.6 Å². The summed E-state index contributed by atoms with van der Waals surface area (Å²) in [6.07, 6.45) is 13.2. The van der Waals surface area contributed by atoms with Gasteiger partial charge < -0.3 is 19.8 Å². The molecule has 1 saturated heterocycles. The summed E-state index contributed by atoms with van der Waals surface area (Å²) in [7, 11) is 3.95. The third-order valence-corrected chi connectivity index (χ3v) is 9.91. The van der Waals surface area contributed by atoms with Crippen LogP contribution in [-0.4, -0.2) is 68.6 Å². The van der Waals surface area contributed by atoms with Gasteiger partial charge in [-0.15, -0.1) is 0 Å². The van der Waals surface area contributed by atoms with Gasteiger partial charge >= 0.3 is 0 Å². The first-order valence-electron chi connectivity index (χ1n) is 12.8. The minimum Gasteiger partial charge on any atom is -0.388 e. The van der Waals surface area contributed by atoms with Crippen molar-refractivity contribution in [2.75, 3.05) is 14.1 Å². The van der Waals surface area contributed by atoms with Crippen LogP contribution in [0.2, 0.25) is 0 Å². The number of likely N-dealkylation sites (N-methyl/N-ethyl adjacent to an activating group) is 1. The Morgan fingerprint density at radius 2 is 2.00 bits per heavy atom. The zero-order valence-corrected chi connectivity index (χ0v) is 20.6. The van der Waals surface area contributed by atoms with E-state index in [1.165, 1.54) is 16.7 Å². The van der Waals surface area contributed by atoms with Gasteiger partial charge in [0.2, 0.25) is 0 Å². The van der Waals surface area contributed by atoms with Gasteiger partial charge in [0.25, 0.3) is 0 Å². The lowest BCUT2D eigenvalue weighted by molar-refractivity contribution is -0.161. The maximum Gasteiger partial charge on any atom is 0.116 e. The van der Waals surface area contributed by atoms with Crippen molar-refractivity contribution in [1.82, 2.24) is 14.9 Å². The average molecular weight is 472 g/mol. The molecule has 2 fully saturated rings. The maximum absolute atomic E-state index is 11.1. The van der Waals surface area contributed by atoms with Crippen molar-refractivity contribution in [3.05, 3.63) is 65.7 Å². The van der Waals surface area contributed by atoms with Gasteiger partial charge in [-0.25, -0.2) is 9.97 Å². The first kappa shape index (κ1) is 21.9. The Morgan fingerprint density at radius 3 is 2.83 bits per heavy atom. The summed E-state index contributed by atoms with van der Waals surface area (Å²) in [5.41, 5.74) is 4.83. The monoisotopic (exact) mass is 471 g/mol. The van der Waals surface area contributed by atoms with Gasteiger partial charge in [0.15, 0.2) is 0 Å². The van der Waals surface area contributed by atoms with Crippen molar-refractivity contribution >= 4 is 16.5 Å².